The van der Waals surface area contributed by atoms with Crippen molar-refractivity contribution in [1.82, 2.24) is 9.97 Å². The molecule has 130 valence electrons. The molecule has 0 unspecified atom stereocenters. The fourth-order valence-corrected chi connectivity index (χ4v) is 3.51. The summed E-state index contributed by atoms with van der Waals surface area (Å²) in [6, 6.07) is 14.5. The number of hydrogen-bond donors (Lipinski definition) is 4. The van der Waals surface area contributed by atoms with Crippen molar-refractivity contribution in [2.24, 2.45) is 0 Å². The van der Waals surface area contributed by atoms with Crippen molar-refractivity contribution >= 4 is 33.7 Å². The Morgan fingerprint density at radius 1 is 0.692 bits per heavy atom. The molecular formula is C20H16N2O4. The number of aromatic amines is 2. The third kappa shape index (κ3) is 2.52. The highest BCUT2D eigenvalue weighted by atomic mass is 16.4. The van der Waals surface area contributed by atoms with Crippen molar-refractivity contribution in [3.8, 4) is 0 Å². The Labute approximate surface area is 148 Å². The van der Waals surface area contributed by atoms with Crippen molar-refractivity contribution < 1.29 is 19.8 Å². The normalized spacial score (nSPS) is 11.2. The van der Waals surface area contributed by atoms with Crippen molar-refractivity contribution in [2.45, 2.75) is 12.8 Å². The van der Waals surface area contributed by atoms with Crippen LogP contribution in [0.25, 0.3) is 21.8 Å². The van der Waals surface area contributed by atoms with Gasteiger partial charge in [-0.2, -0.15) is 0 Å². The lowest BCUT2D eigenvalue weighted by Gasteiger charge is -2.02. The average Bonchev–Trinajstić information content (AvgIpc) is 3.17. The predicted octanol–water partition coefficient (Wildman–Crippen LogP) is 3.83. The Bertz CT molecular complexity index is 1060. The minimum Gasteiger partial charge on any atom is -0.478 e. The summed E-state index contributed by atoms with van der Waals surface area (Å²) >= 11 is 0. The van der Waals surface area contributed by atoms with Crippen LogP contribution in [0.3, 0.4) is 0 Å². The van der Waals surface area contributed by atoms with E-state index < -0.39 is 11.9 Å². The first-order valence-electron chi connectivity index (χ1n) is 8.22. The SMILES string of the molecule is O=C(O)c1c(CCc2[nH]c3ccccc3c2C(=O)O)[nH]c2ccccc12. The molecule has 4 rings (SSSR count). The summed E-state index contributed by atoms with van der Waals surface area (Å²) in [5, 5.41) is 20.5. The second-order valence-electron chi connectivity index (χ2n) is 6.16. The topological polar surface area (TPSA) is 106 Å². The molecule has 6 heteroatoms. The van der Waals surface area contributed by atoms with E-state index in [0.717, 1.165) is 11.0 Å². The molecule has 2 heterocycles. The van der Waals surface area contributed by atoms with Crippen LogP contribution in [0.2, 0.25) is 0 Å². The van der Waals surface area contributed by atoms with Crippen LogP contribution in [0.4, 0.5) is 0 Å². The molecule has 0 bridgehead atoms. The summed E-state index contributed by atoms with van der Waals surface area (Å²) in [7, 11) is 0. The Morgan fingerprint density at radius 2 is 1.08 bits per heavy atom. The van der Waals surface area contributed by atoms with Gasteiger partial charge in [0.15, 0.2) is 0 Å². The monoisotopic (exact) mass is 348 g/mol. The summed E-state index contributed by atoms with van der Waals surface area (Å²) in [4.78, 5) is 29.7. The minimum atomic E-state index is -0.993. The Kier molecular flexibility index (Phi) is 3.73. The van der Waals surface area contributed by atoms with E-state index in [-0.39, 0.29) is 11.1 Å². The van der Waals surface area contributed by atoms with Gasteiger partial charge in [-0.3, -0.25) is 0 Å². The lowest BCUT2D eigenvalue weighted by Crippen LogP contribution is -2.05. The number of rotatable bonds is 5. The molecule has 6 nitrogen and oxygen atoms in total. The number of para-hydroxylation sites is 2. The summed E-state index contributed by atoms with van der Waals surface area (Å²) in [6.45, 7) is 0. The maximum Gasteiger partial charge on any atom is 0.338 e. The van der Waals surface area contributed by atoms with Gasteiger partial charge in [0.25, 0.3) is 0 Å². The van der Waals surface area contributed by atoms with Gasteiger partial charge in [-0.05, 0) is 25.0 Å². The van der Waals surface area contributed by atoms with Crippen LogP contribution in [-0.2, 0) is 12.8 Å². The number of benzene rings is 2. The van der Waals surface area contributed by atoms with Crippen molar-refractivity contribution in [2.75, 3.05) is 0 Å². The number of aryl methyl sites for hydroxylation is 2. The van der Waals surface area contributed by atoms with Crippen LogP contribution >= 0.6 is 0 Å². The molecule has 0 amide bonds. The summed E-state index contributed by atoms with van der Waals surface area (Å²) < 4.78 is 0. The third-order valence-electron chi connectivity index (χ3n) is 4.62. The van der Waals surface area contributed by atoms with Gasteiger partial charge >= 0.3 is 11.9 Å². The standard InChI is InChI=1S/C20H16N2O4/c23-19(24)17-11-5-1-3-7-13(11)21-15(17)9-10-16-18(20(25)26)12-6-2-4-8-14(12)22-16/h1-8,21-22H,9-10H2,(H,23,24)(H,25,26). The van der Waals surface area contributed by atoms with E-state index in [1.54, 1.807) is 24.3 Å². The van der Waals surface area contributed by atoms with Crippen LogP contribution in [0, 0.1) is 0 Å². The van der Waals surface area contributed by atoms with Gasteiger partial charge in [-0.1, -0.05) is 36.4 Å². The molecule has 0 atom stereocenters. The molecule has 0 aliphatic rings. The first-order chi connectivity index (χ1) is 12.6. The molecule has 26 heavy (non-hydrogen) atoms. The van der Waals surface area contributed by atoms with E-state index in [2.05, 4.69) is 9.97 Å². The first-order valence-corrected chi connectivity index (χ1v) is 8.22. The number of carbonyl (C=O) groups is 2. The molecule has 4 N–H and O–H groups in total. The van der Waals surface area contributed by atoms with Crippen LogP contribution in [-0.4, -0.2) is 32.1 Å². The molecule has 0 aliphatic heterocycles. The number of carboxylic acid groups (broad SMARTS) is 2. The zero-order valence-corrected chi connectivity index (χ0v) is 13.7. The van der Waals surface area contributed by atoms with Crippen molar-refractivity contribution in [3.05, 3.63) is 71.0 Å². The zero-order valence-electron chi connectivity index (χ0n) is 13.7. The number of carboxylic acids is 2. The second kappa shape index (κ2) is 6.07. The van der Waals surface area contributed by atoms with Gasteiger partial charge in [-0.15, -0.1) is 0 Å². The maximum absolute atomic E-state index is 11.7. The Balaban J connectivity index is 1.74. The molecule has 0 aliphatic carbocycles. The highest BCUT2D eigenvalue weighted by molar-refractivity contribution is 6.05. The van der Waals surface area contributed by atoms with E-state index >= 15 is 0 Å². The Hall–Kier alpha value is -3.54. The van der Waals surface area contributed by atoms with E-state index in [4.69, 9.17) is 0 Å². The molecule has 0 radical (unpaired) electrons. The van der Waals surface area contributed by atoms with Crippen LogP contribution in [0.15, 0.2) is 48.5 Å². The summed E-state index contributed by atoms with van der Waals surface area (Å²) in [6.07, 6.45) is 0.785. The predicted molar refractivity (Wildman–Crippen MR) is 97.9 cm³/mol. The molecule has 2 aromatic heterocycles. The maximum atomic E-state index is 11.7. The van der Waals surface area contributed by atoms with E-state index in [9.17, 15) is 19.8 Å². The van der Waals surface area contributed by atoms with Crippen LogP contribution in [0.5, 0.6) is 0 Å². The first kappa shape index (κ1) is 16.0. The van der Waals surface area contributed by atoms with E-state index in [0.29, 0.717) is 35.0 Å². The van der Waals surface area contributed by atoms with Gasteiger partial charge in [-0.25, -0.2) is 9.59 Å². The Morgan fingerprint density at radius 3 is 1.46 bits per heavy atom. The van der Waals surface area contributed by atoms with E-state index in [1.165, 1.54) is 0 Å². The molecule has 0 fully saturated rings. The number of aromatic nitrogens is 2. The highest BCUT2D eigenvalue weighted by Crippen LogP contribution is 2.26. The fourth-order valence-electron chi connectivity index (χ4n) is 3.51. The molecular weight excluding hydrogens is 332 g/mol. The smallest absolute Gasteiger partial charge is 0.338 e. The summed E-state index contributed by atoms with van der Waals surface area (Å²) in [5.74, 6) is -1.99. The molecule has 0 saturated carbocycles. The largest absolute Gasteiger partial charge is 0.478 e. The highest BCUT2D eigenvalue weighted by Gasteiger charge is 2.20. The average molecular weight is 348 g/mol. The van der Waals surface area contributed by atoms with Crippen LogP contribution in [0.1, 0.15) is 32.1 Å². The summed E-state index contributed by atoms with van der Waals surface area (Å²) in [5.41, 5.74) is 3.19. The molecule has 2 aromatic carbocycles. The number of hydrogen-bond acceptors (Lipinski definition) is 2. The molecule has 0 spiro atoms. The number of fused-ring (bicyclic) bond motifs is 2. The number of nitrogens with one attached hydrogen (secondary N) is 2. The lowest BCUT2D eigenvalue weighted by atomic mass is 10.0. The van der Waals surface area contributed by atoms with Gasteiger partial charge in [0.2, 0.25) is 0 Å². The fraction of sp³-hybridized carbons (Fsp3) is 0.100. The number of aromatic carboxylic acids is 2. The zero-order chi connectivity index (χ0) is 18.3. The van der Waals surface area contributed by atoms with Gasteiger partial charge < -0.3 is 20.2 Å². The molecule has 0 saturated heterocycles. The third-order valence-corrected chi connectivity index (χ3v) is 4.62. The van der Waals surface area contributed by atoms with Gasteiger partial charge in [0.1, 0.15) is 0 Å². The van der Waals surface area contributed by atoms with Crippen molar-refractivity contribution in [3.63, 3.8) is 0 Å². The lowest BCUT2D eigenvalue weighted by molar-refractivity contribution is 0.0686. The van der Waals surface area contributed by atoms with E-state index in [1.807, 2.05) is 24.3 Å². The molecule has 4 aromatic rings. The second-order valence-corrected chi connectivity index (χ2v) is 6.16. The van der Waals surface area contributed by atoms with Gasteiger partial charge in [0.05, 0.1) is 11.1 Å². The quantitative estimate of drug-likeness (QED) is 0.440. The van der Waals surface area contributed by atoms with Crippen LogP contribution < -0.4 is 0 Å². The van der Waals surface area contributed by atoms with Crippen molar-refractivity contribution in [1.29, 1.82) is 0 Å². The van der Waals surface area contributed by atoms with Gasteiger partial charge in [0, 0.05) is 33.2 Å². The minimum absolute atomic E-state index is 0.244. The number of H-pyrrole nitrogens is 2.